The second-order valence-corrected chi connectivity index (χ2v) is 7.68. The van der Waals surface area contributed by atoms with Gasteiger partial charge in [0.15, 0.2) is 0 Å². The van der Waals surface area contributed by atoms with E-state index in [4.69, 9.17) is 0 Å². The highest BCUT2D eigenvalue weighted by molar-refractivity contribution is 4.62. The molecule has 0 aromatic carbocycles. The molecule has 0 aromatic heterocycles. The third-order valence-corrected chi connectivity index (χ3v) is 5.29. The van der Waals surface area contributed by atoms with Gasteiger partial charge in [-0.1, -0.05) is 143 Å². The summed E-state index contributed by atoms with van der Waals surface area (Å²) in [5, 5.41) is 0. The zero-order chi connectivity index (χ0) is 17.0. The lowest BCUT2D eigenvalue weighted by Gasteiger charge is -2.16. The minimum atomic E-state index is 1.00. The van der Waals surface area contributed by atoms with Crippen molar-refractivity contribution in [2.75, 3.05) is 0 Å². The van der Waals surface area contributed by atoms with Gasteiger partial charge >= 0.3 is 0 Å². The molecule has 0 rings (SSSR count). The second-order valence-electron chi connectivity index (χ2n) is 7.68. The van der Waals surface area contributed by atoms with Gasteiger partial charge in [-0.25, -0.2) is 0 Å². The Bertz CT molecular complexity index is 178. The third-order valence-electron chi connectivity index (χ3n) is 5.29. The Hall–Kier alpha value is 0. The van der Waals surface area contributed by atoms with Crippen molar-refractivity contribution < 1.29 is 0 Å². The molecule has 0 heterocycles. The highest BCUT2D eigenvalue weighted by atomic mass is 14.1. The second kappa shape index (κ2) is 20.0. The van der Waals surface area contributed by atoms with Crippen molar-refractivity contribution in [1.82, 2.24) is 0 Å². The molecule has 139 valence electrons. The molecule has 0 N–H and O–H groups in total. The first-order valence-corrected chi connectivity index (χ1v) is 11.1. The lowest BCUT2D eigenvalue weighted by Crippen LogP contribution is -2.01. The van der Waals surface area contributed by atoms with E-state index in [0.717, 1.165) is 12.3 Å². The van der Waals surface area contributed by atoms with Crippen molar-refractivity contribution in [3.8, 4) is 0 Å². The van der Waals surface area contributed by atoms with Crippen LogP contribution in [0.15, 0.2) is 0 Å². The minimum Gasteiger partial charge on any atom is -0.0654 e. The molecule has 0 saturated heterocycles. The van der Waals surface area contributed by atoms with Gasteiger partial charge in [-0.15, -0.1) is 0 Å². The third kappa shape index (κ3) is 18.2. The average Bonchev–Trinajstić information content (AvgIpc) is 2.57. The van der Waals surface area contributed by atoms with E-state index in [2.05, 4.69) is 20.8 Å². The number of hydrogen-bond acceptors (Lipinski definition) is 0. The molecule has 0 aromatic rings. The van der Waals surface area contributed by atoms with Gasteiger partial charge in [-0.3, -0.25) is 0 Å². The van der Waals surface area contributed by atoms with E-state index in [1.807, 2.05) is 0 Å². The van der Waals surface area contributed by atoms with E-state index in [9.17, 15) is 0 Å². The summed E-state index contributed by atoms with van der Waals surface area (Å²) in [7, 11) is 0. The van der Waals surface area contributed by atoms with Crippen LogP contribution in [0.5, 0.6) is 0 Å². The van der Waals surface area contributed by atoms with E-state index in [0.29, 0.717) is 0 Å². The maximum absolute atomic E-state index is 4.03. The van der Waals surface area contributed by atoms with Gasteiger partial charge in [0.2, 0.25) is 0 Å². The molecule has 0 bridgehead atoms. The predicted octanol–water partition coefficient (Wildman–Crippen LogP) is 8.89. The molecule has 23 heavy (non-hydrogen) atoms. The maximum Gasteiger partial charge on any atom is -0.0414 e. The zero-order valence-electron chi connectivity index (χ0n) is 16.7. The summed E-state index contributed by atoms with van der Waals surface area (Å²) in [5.41, 5.74) is 0. The summed E-state index contributed by atoms with van der Waals surface area (Å²) in [5.74, 6) is 1.00. The van der Waals surface area contributed by atoms with Crippen LogP contribution < -0.4 is 0 Å². The molecule has 0 amide bonds. The first kappa shape index (κ1) is 23.0. The van der Waals surface area contributed by atoms with Crippen molar-refractivity contribution in [3.05, 3.63) is 6.92 Å². The minimum absolute atomic E-state index is 1.00. The van der Waals surface area contributed by atoms with Crippen LogP contribution in [0.3, 0.4) is 0 Å². The summed E-state index contributed by atoms with van der Waals surface area (Å²) in [6, 6.07) is 0. The molecule has 0 saturated carbocycles. The Kier molecular flexibility index (Phi) is 20.0. The summed E-state index contributed by atoms with van der Waals surface area (Å²) in [4.78, 5) is 0. The van der Waals surface area contributed by atoms with Gasteiger partial charge in [-0.05, 0) is 5.92 Å². The topological polar surface area (TPSA) is 0 Å². The monoisotopic (exact) mass is 323 g/mol. The molecular weight excluding hydrogens is 276 g/mol. The Morgan fingerprint density at radius 2 is 0.826 bits per heavy atom. The van der Waals surface area contributed by atoms with E-state index in [-0.39, 0.29) is 0 Å². The zero-order valence-corrected chi connectivity index (χ0v) is 16.7. The van der Waals surface area contributed by atoms with Gasteiger partial charge in [0, 0.05) is 0 Å². The van der Waals surface area contributed by atoms with Gasteiger partial charge in [-0.2, -0.15) is 0 Å². The lowest BCUT2D eigenvalue weighted by molar-refractivity contribution is 0.372. The lowest BCUT2D eigenvalue weighted by atomic mass is 9.90. The van der Waals surface area contributed by atoms with Crippen molar-refractivity contribution in [1.29, 1.82) is 0 Å². The average molecular weight is 324 g/mol. The standard InChI is InChI=1S/C23H47/c1-4-7-10-12-14-16-18-21-23(20-9-6-3)22-19-17-15-13-11-8-5-2/h23H,3-22H2,1-2H3. The van der Waals surface area contributed by atoms with E-state index in [1.54, 1.807) is 0 Å². The fourth-order valence-electron chi connectivity index (χ4n) is 3.65. The molecule has 1 radical (unpaired) electrons. The molecule has 0 aliphatic rings. The molecule has 0 atom stereocenters. The van der Waals surface area contributed by atoms with Gasteiger partial charge in [0.1, 0.15) is 0 Å². The van der Waals surface area contributed by atoms with Crippen molar-refractivity contribution in [2.45, 2.75) is 136 Å². The Labute approximate surface area is 149 Å². The van der Waals surface area contributed by atoms with E-state index >= 15 is 0 Å². The largest absolute Gasteiger partial charge is 0.0654 e. The SMILES string of the molecule is [CH2]CCCC(CCCCCCCCC)CCCCCCCCC. The van der Waals surface area contributed by atoms with Crippen LogP contribution in [-0.4, -0.2) is 0 Å². The smallest absolute Gasteiger partial charge is 0.0414 e. The van der Waals surface area contributed by atoms with Crippen molar-refractivity contribution >= 4 is 0 Å². The van der Waals surface area contributed by atoms with Crippen LogP contribution in [0.4, 0.5) is 0 Å². The quantitative estimate of drug-likeness (QED) is 0.208. The molecule has 0 aliphatic carbocycles. The van der Waals surface area contributed by atoms with E-state index < -0.39 is 0 Å². The highest BCUT2D eigenvalue weighted by Crippen LogP contribution is 2.24. The Morgan fingerprint density at radius 3 is 1.22 bits per heavy atom. The first-order valence-electron chi connectivity index (χ1n) is 11.1. The fourth-order valence-corrected chi connectivity index (χ4v) is 3.65. The highest BCUT2D eigenvalue weighted by Gasteiger charge is 2.08. The number of unbranched alkanes of at least 4 members (excludes halogenated alkanes) is 13. The summed E-state index contributed by atoms with van der Waals surface area (Å²) in [6.45, 7) is 8.64. The van der Waals surface area contributed by atoms with Gasteiger partial charge in [0.05, 0.1) is 0 Å². The van der Waals surface area contributed by atoms with Crippen LogP contribution in [0.2, 0.25) is 0 Å². The molecule has 0 heteroatoms. The van der Waals surface area contributed by atoms with E-state index in [1.165, 1.54) is 116 Å². The molecule has 0 unspecified atom stereocenters. The van der Waals surface area contributed by atoms with Crippen molar-refractivity contribution in [3.63, 3.8) is 0 Å². The molecule has 0 spiro atoms. The normalized spacial score (nSPS) is 11.5. The summed E-state index contributed by atoms with van der Waals surface area (Å²) < 4.78 is 0. The Balaban J connectivity index is 3.56. The van der Waals surface area contributed by atoms with Crippen LogP contribution in [-0.2, 0) is 0 Å². The maximum atomic E-state index is 4.03. The van der Waals surface area contributed by atoms with Crippen LogP contribution in [0.1, 0.15) is 136 Å². The fraction of sp³-hybridized carbons (Fsp3) is 0.957. The van der Waals surface area contributed by atoms with Gasteiger partial charge in [0.25, 0.3) is 0 Å². The molecule has 0 nitrogen and oxygen atoms in total. The predicted molar refractivity (Wildman–Crippen MR) is 108 cm³/mol. The molecule has 0 aliphatic heterocycles. The first-order chi connectivity index (χ1) is 11.3. The number of rotatable bonds is 19. The van der Waals surface area contributed by atoms with Crippen LogP contribution in [0, 0.1) is 12.8 Å². The van der Waals surface area contributed by atoms with Gasteiger partial charge < -0.3 is 0 Å². The molecule has 0 fully saturated rings. The number of hydrogen-bond donors (Lipinski definition) is 0. The summed E-state index contributed by atoms with van der Waals surface area (Å²) in [6.07, 6.45) is 27.2. The molecular formula is C23H47. The van der Waals surface area contributed by atoms with Crippen molar-refractivity contribution in [2.24, 2.45) is 5.92 Å². The Morgan fingerprint density at radius 1 is 0.478 bits per heavy atom. The summed E-state index contributed by atoms with van der Waals surface area (Å²) >= 11 is 0. The van der Waals surface area contributed by atoms with Crippen LogP contribution >= 0.6 is 0 Å². The van der Waals surface area contributed by atoms with Crippen LogP contribution in [0.25, 0.3) is 0 Å².